The summed E-state index contributed by atoms with van der Waals surface area (Å²) < 4.78 is 28.0. The Balaban J connectivity index is 1.62. The third-order valence-electron chi connectivity index (χ3n) is 5.00. The lowest BCUT2D eigenvalue weighted by Crippen LogP contribution is -2.47. The van der Waals surface area contributed by atoms with Gasteiger partial charge in [0, 0.05) is 17.1 Å². The number of carbonyl (C=O) groups excluding carboxylic acids is 2. The molecular formula is C25H28N4O4S. The molecule has 0 saturated carbocycles. The van der Waals surface area contributed by atoms with Crippen LogP contribution >= 0.6 is 0 Å². The average molecular weight is 481 g/mol. The van der Waals surface area contributed by atoms with Gasteiger partial charge in [0.1, 0.15) is 6.04 Å². The lowest BCUT2D eigenvalue weighted by Gasteiger charge is -2.22. The van der Waals surface area contributed by atoms with Crippen LogP contribution in [0.3, 0.4) is 0 Å². The van der Waals surface area contributed by atoms with E-state index in [1.165, 1.54) is 12.1 Å². The molecule has 0 unspecified atom stereocenters. The highest BCUT2D eigenvalue weighted by molar-refractivity contribution is 7.89. The number of carbonyl (C=O) groups is 2. The third kappa shape index (κ3) is 6.90. The Hall–Kier alpha value is -3.69. The summed E-state index contributed by atoms with van der Waals surface area (Å²) in [6, 6.07) is 20.6. The predicted molar refractivity (Wildman–Crippen MR) is 134 cm³/mol. The Kier molecular flexibility index (Phi) is 8.04. The summed E-state index contributed by atoms with van der Waals surface area (Å²) in [5.41, 5.74) is 2.61. The Morgan fingerprint density at radius 2 is 1.21 bits per heavy atom. The van der Waals surface area contributed by atoms with Crippen molar-refractivity contribution < 1.29 is 18.0 Å². The molecule has 0 heterocycles. The molecule has 4 N–H and O–H groups in total. The van der Waals surface area contributed by atoms with E-state index in [1.54, 1.807) is 62.4 Å². The Labute approximate surface area is 199 Å². The topological polar surface area (TPSA) is 116 Å². The SMILES string of the molecule is Cc1ccc(S(=O)(=O)N[C@H](C(=O)Nc2ccc(NC(=O)Nc3ccccc3)cc2)C(C)C)cc1. The second kappa shape index (κ2) is 11.0. The molecule has 0 bridgehead atoms. The highest BCUT2D eigenvalue weighted by Crippen LogP contribution is 2.17. The number of sulfonamides is 1. The van der Waals surface area contributed by atoms with Gasteiger partial charge >= 0.3 is 6.03 Å². The molecule has 0 saturated heterocycles. The number of nitrogens with one attached hydrogen (secondary N) is 4. The van der Waals surface area contributed by atoms with Crippen LogP contribution in [0.1, 0.15) is 19.4 Å². The number of hydrogen-bond donors (Lipinski definition) is 4. The van der Waals surface area contributed by atoms with Gasteiger partial charge < -0.3 is 16.0 Å². The number of amides is 3. The summed E-state index contributed by atoms with van der Waals surface area (Å²) >= 11 is 0. The van der Waals surface area contributed by atoms with Gasteiger partial charge in [0.25, 0.3) is 0 Å². The van der Waals surface area contributed by atoms with Crippen LogP contribution in [0.15, 0.2) is 83.8 Å². The zero-order valence-electron chi connectivity index (χ0n) is 19.2. The largest absolute Gasteiger partial charge is 0.325 e. The molecule has 178 valence electrons. The van der Waals surface area contributed by atoms with E-state index in [1.807, 2.05) is 25.1 Å². The second-order valence-corrected chi connectivity index (χ2v) is 9.88. The van der Waals surface area contributed by atoms with Crippen LogP contribution in [0.25, 0.3) is 0 Å². The van der Waals surface area contributed by atoms with Gasteiger partial charge in [0.15, 0.2) is 0 Å². The van der Waals surface area contributed by atoms with E-state index >= 15 is 0 Å². The van der Waals surface area contributed by atoms with Crippen molar-refractivity contribution in [3.63, 3.8) is 0 Å². The summed E-state index contributed by atoms with van der Waals surface area (Å²) in [5, 5.41) is 8.16. The van der Waals surface area contributed by atoms with Gasteiger partial charge in [-0.15, -0.1) is 0 Å². The minimum Gasteiger partial charge on any atom is -0.325 e. The minimum atomic E-state index is -3.87. The predicted octanol–water partition coefficient (Wildman–Crippen LogP) is 4.58. The number of urea groups is 1. The molecule has 3 rings (SSSR count). The molecule has 8 nitrogen and oxygen atoms in total. The molecular weight excluding hydrogens is 452 g/mol. The van der Waals surface area contributed by atoms with E-state index in [0.29, 0.717) is 17.1 Å². The van der Waals surface area contributed by atoms with Crippen molar-refractivity contribution in [2.24, 2.45) is 5.92 Å². The summed E-state index contributed by atoms with van der Waals surface area (Å²) in [7, 11) is -3.87. The maximum Gasteiger partial charge on any atom is 0.323 e. The number of hydrogen-bond acceptors (Lipinski definition) is 4. The maximum atomic E-state index is 12.9. The van der Waals surface area contributed by atoms with Crippen LogP contribution in [0, 0.1) is 12.8 Å². The number of para-hydroxylation sites is 1. The maximum absolute atomic E-state index is 12.9. The second-order valence-electron chi connectivity index (χ2n) is 8.17. The Morgan fingerprint density at radius 3 is 1.74 bits per heavy atom. The van der Waals surface area contributed by atoms with Crippen molar-refractivity contribution in [2.75, 3.05) is 16.0 Å². The molecule has 0 aliphatic carbocycles. The van der Waals surface area contributed by atoms with Crippen molar-refractivity contribution in [3.05, 3.63) is 84.4 Å². The van der Waals surface area contributed by atoms with E-state index < -0.39 is 28.0 Å². The molecule has 0 fully saturated rings. The smallest absolute Gasteiger partial charge is 0.323 e. The first-order valence-electron chi connectivity index (χ1n) is 10.8. The fourth-order valence-corrected chi connectivity index (χ4v) is 4.46. The van der Waals surface area contributed by atoms with Crippen molar-refractivity contribution in [2.45, 2.75) is 31.7 Å². The lowest BCUT2D eigenvalue weighted by molar-refractivity contribution is -0.118. The molecule has 3 aromatic carbocycles. The van der Waals surface area contributed by atoms with Gasteiger partial charge in [-0.3, -0.25) is 4.79 Å². The number of benzene rings is 3. The van der Waals surface area contributed by atoms with Gasteiger partial charge in [-0.1, -0.05) is 49.7 Å². The van der Waals surface area contributed by atoms with Crippen LogP contribution in [0.4, 0.5) is 21.9 Å². The van der Waals surface area contributed by atoms with Gasteiger partial charge in [0.2, 0.25) is 15.9 Å². The van der Waals surface area contributed by atoms with Gasteiger partial charge in [-0.25, -0.2) is 13.2 Å². The molecule has 9 heteroatoms. The first-order valence-corrected chi connectivity index (χ1v) is 12.3. The zero-order valence-corrected chi connectivity index (χ0v) is 20.0. The third-order valence-corrected chi connectivity index (χ3v) is 6.46. The van der Waals surface area contributed by atoms with Crippen molar-refractivity contribution >= 4 is 39.0 Å². The normalized spacial score (nSPS) is 12.1. The van der Waals surface area contributed by atoms with Crippen molar-refractivity contribution in [3.8, 4) is 0 Å². The van der Waals surface area contributed by atoms with Gasteiger partial charge in [-0.05, 0) is 61.4 Å². The van der Waals surface area contributed by atoms with Gasteiger partial charge in [-0.2, -0.15) is 4.72 Å². The minimum absolute atomic E-state index is 0.0979. The van der Waals surface area contributed by atoms with E-state index in [2.05, 4.69) is 20.7 Å². The fourth-order valence-electron chi connectivity index (χ4n) is 3.12. The zero-order chi connectivity index (χ0) is 24.7. The standard InChI is InChI=1S/C25H28N4O4S/c1-17(2)23(29-34(32,33)22-15-9-18(3)10-16-22)24(30)26-20-11-13-21(14-12-20)28-25(31)27-19-7-5-4-6-8-19/h4-17,23,29H,1-3H3,(H,26,30)(H2,27,28,31)/t23-/m0/s1. The Morgan fingerprint density at radius 1 is 0.706 bits per heavy atom. The molecule has 0 spiro atoms. The quantitative estimate of drug-likeness (QED) is 0.378. The van der Waals surface area contributed by atoms with Crippen LogP contribution < -0.4 is 20.7 Å². The summed E-state index contributed by atoms with van der Waals surface area (Å²) in [6.07, 6.45) is 0. The molecule has 0 aliphatic heterocycles. The molecule has 3 aromatic rings. The fraction of sp³-hybridized carbons (Fsp3) is 0.200. The average Bonchev–Trinajstić information content (AvgIpc) is 2.79. The first kappa shape index (κ1) is 24.9. The van der Waals surface area contributed by atoms with Crippen LogP contribution in [-0.2, 0) is 14.8 Å². The summed E-state index contributed by atoms with van der Waals surface area (Å²) in [4.78, 5) is 25.1. The molecule has 0 radical (unpaired) electrons. The lowest BCUT2D eigenvalue weighted by atomic mass is 10.0. The highest BCUT2D eigenvalue weighted by Gasteiger charge is 2.28. The van der Waals surface area contributed by atoms with Crippen LogP contribution in [0.5, 0.6) is 0 Å². The molecule has 0 aliphatic rings. The molecule has 3 amide bonds. The van der Waals surface area contributed by atoms with E-state index in [9.17, 15) is 18.0 Å². The number of aryl methyl sites for hydroxylation is 1. The van der Waals surface area contributed by atoms with Crippen LogP contribution in [0.2, 0.25) is 0 Å². The van der Waals surface area contributed by atoms with E-state index in [4.69, 9.17) is 0 Å². The van der Waals surface area contributed by atoms with E-state index in [0.717, 1.165) is 5.56 Å². The van der Waals surface area contributed by atoms with Crippen molar-refractivity contribution in [1.29, 1.82) is 0 Å². The monoisotopic (exact) mass is 480 g/mol. The number of anilines is 3. The number of rotatable bonds is 8. The Bertz CT molecular complexity index is 1230. The molecule has 0 aromatic heterocycles. The molecule has 34 heavy (non-hydrogen) atoms. The summed E-state index contributed by atoms with van der Waals surface area (Å²) in [6.45, 7) is 5.39. The van der Waals surface area contributed by atoms with E-state index in [-0.39, 0.29) is 10.8 Å². The highest BCUT2D eigenvalue weighted by atomic mass is 32.2. The first-order chi connectivity index (χ1) is 16.1. The van der Waals surface area contributed by atoms with Gasteiger partial charge in [0.05, 0.1) is 4.90 Å². The van der Waals surface area contributed by atoms with Crippen LogP contribution in [-0.4, -0.2) is 26.4 Å². The molecule has 1 atom stereocenters. The summed E-state index contributed by atoms with van der Waals surface area (Å²) in [5.74, 6) is -0.768. The van der Waals surface area contributed by atoms with Crippen molar-refractivity contribution in [1.82, 2.24) is 4.72 Å².